The molecule has 0 aliphatic heterocycles. The van der Waals surface area contributed by atoms with Gasteiger partial charge in [-0.25, -0.2) is 8.42 Å². The third kappa shape index (κ3) is 3.17. The summed E-state index contributed by atoms with van der Waals surface area (Å²) >= 11 is 0. The Bertz CT molecular complexity index is 680. The number of pyridine rings is 1. The molecule has 6 heteroatoms. The lowest BCUT2D eigenvalue weighted by molar-refractivity contribution is 0.101. The first-order valence-corrected chi connectivity index (χ1v) is 7.01. The third-order valence-corrected chi connectivity index (χ3v) is 3.90. The zero-order valence-corrected chi connectivity index (χ0v) is 11.0. The lowest BCUT2D eigenvalue weighted by atomic mass is 10.2. The number of nitrogens with one attached hydrogen (secondary N) is 1. The standard InChI is InChI=1S/C13H12N2O3S/c1-10(16)11-2-4-13(5-3-11)19(17,18)15-12-6-8-14-9-7-12/h2-9H,1H3,(H,14,15). The van der Waals surface area contributed by atoms with Crippen molar-refractivity contribution in [1.82, 2.24) is 4.98 Å². The van der Waals surface area contributed by atoms with Crippen LogP contribution in [0, 0.1) is 0 Å². The number of sulfonamides is 1. The van der Waals surface area contributed by atoms with Crippen LogP contribution in [-0.2, 0) is 10.0 Å². The van der Waals surface area contributed by atoms with Crippen molar-refractivity contribution in [1.29, 1.82) is 0 Å². The SMILES string of the molecule is CC(=O)c1ccc(S(=O)(=O)Nc2ccncc2)cc1. The van der Waals surface area contributed by atoms with Crippen LogP contribution < -0.4 is 4.72 Å². The third-order valence-electron chi connectivity index (χ3n) is 2.50. The maximum Gasteiger partial charge on any atom is 0.261 e. The van der Waals surface area contributed by atoms with Crippen LogP contribution in [0.15, 0.2) is 53.7 Å². The molecule has 0 saturated carbocycles. The summed E-state index contributed by atoms with van der Waals surface area (Å²) in [5.74, 6) is -0.106. The largest absolute Gasteiger partial charge is 0.295 e. The van der Waals surface area contributed by atoms with E-state index >= 15 is 0 Å². The molecule has 1 heterocycles. The van der Waals surface area contributed by atoms with Crippen LogP contribution in [0.1, 0.15) is 17.3 Å². The molecule has 2 aromatic rings. The lowest BCUT2D eigenvalue weighted by Gasteiger charge is -2.07. The summed E-state index contributed by atoms with van der Waals surface area (Å²) in [6.07, 6.45) is 2.99. The maximum absolute atomic E-state index is 12.1. The predicted molar refractivity (Wildman–Crippen MR) is 71.5 cm³/mol. The summed E-state index contributed by atoms with van der Waals surface area (Å²) in [4.78, 5) is 15.0. The number of Topliss-reactive ketones (excluding diaryl/α,β-unsaturated/α-hetero) is 1. The second kappa shape index (κ2) is 5.19. The van der Waals surface area contributed by atoms with Crippen molar-refractivity contribution in [2.75, 3.05) is 4.72 Å². The molecule has 0 aliphatic rings. The van der Waals surface area contributed by atoms with Gasteiger partial charge in [-0.05, 0) is 31.2 Å². The van der Waals surface area contributed by atoms with Crippen LogP contribution in [0.3, 0.4) is 0 Å². The van der Waals surface area contributed by atoms with E-state index in [4.69, 9.17) is 0 Å². The number of carbonyl (C=O) groups is 1. The molecule has 19 heavy (non-hydrogen) atoms. The van der Waals surface area contributed by atoms with Crippen molar-refractivity contribution < 1.29 is 13.2 Å². The average molecular weight is 276 g/mol. The quantitative estimate of drug-likeness (QED) is 0.867. The highest BCUT2D eigenvalue weighted by Gasteiger charge is 2.14. The molecule has 0 unspecified atom stereocenters. The van der Waals surface area contributed by atoms with Crippen molar-refractivity contribution in [2.45, 2.75) is 11.8 Å². The Kier molecular flexibility index (Phi) is 3.62. The molecule has 0 spiro atoms. The van der Waals surface area contributed by atoms with Crippen molar-refractivity contribution in [3.05, 3.63) is 54.4 Å². The van der Waals surface area contributed by atoms with Gasteiger partial charge < -0.3 is 0 Å². The zero-order valence-electron chi connectivity index (χ0n) is 10.2. The van der Waals surface area contributed by atoms with E-state index in [-0.39, 0.29) is 10.7 Å². The Balaban J connectivity index is 2.27. The minimum absolute atomic E-state index is 0.106. The van der Waals surface area contributed by atoms with Gasteiger partial charge in [0.25, 0.3) is 10.0 Å². The molecule has 0 fully saturated rings. The first kappa shape index (κ1) is 13.2. The van der Waals surface area contributed by atoms with E-state index in [1.807, 2.05) is 0 Å². The number of ketones is 1. The Morgan fingerprint density at radius 2 is 1.63 bits per heavy atom. The Hall–Kier alpha value is -2.21. The van der Waals surface area contributed by atoms with Crippen molar-refractivity contribution in [3.63, 3.8) is 0 Å². The second-order valence-corrected chi connectivity index (χ2v) is 5.60. The number of aromatic nitrogens is 1. The average Bonchev–Trinajstić information content (AvgIpc) is 2.39. The normalized spacial score (nSPS) is 11.0. The van der Waals surface area contributed by atoms with Gasteiger partial charge in [0.15, 0.2) is 5.78 Å². The number of rotatable bonds is 4. The number of hydrogen-bond donors (Lipinski definition) is 1. The minimum Gasteiger partial charge on any atom is -0.295 e. The zero-order chi connectivity index (χ0) is 13.9. The van der Waals surface area contributed by atoms with E-state index in [1.54, 1.807) is 12.1 Å². The maximum atomic E-state index is 12.1. The summed E-state index contributed by atoms with van der Waals surface area (Å²) in [6, 6.07) is 8.90. The molecule has 98 valence electrons. The van der Waals surface area contributed by atoms with Crippen LogP contribution in [0.5, 0.6) is 0 Å². The van der Waals surface area contributed by atoms with Gasteiger partial charge in [-0.2, -0.15) is 0 Å². The Morgan fingerprint density at radius 1 is 1.05 bits per heavy atom. The first-order valence-electron chi connectivity index (χ1n) is 5.53. The van der Waals surface area contributed by atoms with Crippen LogP contribution in [0.2, 0.25) is 0 Å². The molecule has 5 nitrogen and oxygen atoms in total. The highest BCUT2D eigenvalue weighted by molar-refractivity contribution is 7.92. The number of benzene rings is 1. The molecular weight excluding hydrogens is 264 g/mol. The topological polar surface area (TPSA) is 76.1 Å². The fourth-order valence-electron chi connectivity index (χ4n) is 1.50. The van der Waals surface area contributed by atoms with Gasteiger partial charge >= 0.3 is 0 Å². The molecular formula is C13H12N2O3S. The summed E-state index contributed by atoms with van der Waals surface area (Å²) < 4.78 is 26.6. The number of hydrogen-bond acceptors (Lipinski definition) is 4. The summed E-state index contributed by atoms with van der Waals surface area (Å²) in [5, 5.41) is 0. The second-order valence-electron chi connectivity index (χ2n) is 3.92. The molecule has 0 atom stereocenters. The smallest absolute Gasteiger partial charge is 0.261 e. The van der Waals surface area contributed by atoms with E-state index in [9.17, 15) is 13.2 Å². The highest BCUT2D eigenvalue weighted by atomic mass is 32.2. The van der Waals surface area contributed by atoms with Gasteiger partial charge in [-0.1, -0.05) is 12.1 Å². The van der Waals surface area contributed by atoms with Crippen LogP contribution in [0.25, 0.3) is 0 Å². The van der Waals surface area contributed by atoms with E-state index in [1.165, 1.54) is 43.6 Å². The fraction of sp³-hybridized carbons (Fsp3) is 0.0769. The monoisotopic (exact) mass is 276 g/mol. The number of nitrogens with zero attached hydrogens (tertiary/aromatic N) is 1. The van der Waals surface area contributed by atoms with Gasteiger partial charge in [-0.15, -0.1) is 0 Å². The van der Waals surface area contributed by atoms with E-state index in [0.717, 1.165) is 0 Å². The summed E-state index contributed by atoms with van der Waals surface area (Å²) in [5.41, 5.74) is 0.911. The Morgan fingerprint density at radius 3 is 2.16 bits per heavy atom. The van der Waals surface area contributed by atoms with Crippen LogP contribution in [-0.4, -0.2) is 19.2 Å². The molecule has 1 aromatic heterocycles. The molecule has 0 amide bonds. The van der Waals surface area contributed by atoms with Crippen LogP contribution >= 0.6 is 0 Å². The predicted octanol–water partition coefficient (Wildman–Crippen LogP) is 2.08. The van der Waals surface area contributed by atoms with Crippen molar-refractivity contribution in [2.24, 2.45) is 0 Å². The molecule has 2 rings (SSSR count). The highest BCUT2D eigenvalue weighted by Crippen LogP contribution is 2.15. The Labute approximate surface area is 111 Å². The number of carbonyl (C=O) groups excluding carboxylic acids is 1. The molecule has 1 N–H and O–H groups in total. The molecule has 0 aliphatic carbocycles. The molecule has 1 aromatic carbocycles. The lowest BCUT2D eigenvalue weighted by Crippen LogP contribution is -2.13. The number of anilines is 1. The van der Waals surface area contributed by atoms with Gasteiger partial charge in [0, 0.05) is 18.0 Å². The summed E-state index contributed by atoms with van der Waals surface area (Å²) in [7, 11) is -3.64. The van der Waals surface area contributed by atoms with Gasteiger partial charge in [0.1, 0.15) is 0 Å². The van der Waals surface area contributed by atoms with E-state index < -0.39 is 10.0 Å². The van der Waals surface area contributed by atoms with Crippen LogP contribution in [0.4, 0.5) is 5.69 Å². The van der Waals surface area contributed by atoms with Gasteiger partial charge in [-0.3, -0.25) is 14.5 Å². The first-order chi connectivity index (χ1) is 8.99. The van der Waals surface area contributed by atoms with Crippen molar-refractivity contribution in [3.8, 4) is 0 Å². The van der Waals surface area contributed by atoms with E-state index in [2.05, 4.69) is 9.71 Å². The minimum atomic E-state index is -3.64. The molecule has 0 bridgehead atoms. The van der Waals surface area contributed by atoms with Gasteiger partial charge in [0.05, 0.1) is 10.6 Å². The molecule has 0 saturated heterocycles. The van der Waals surface area contributed by atoms with Gasteiger partial charge in [0.2, 0.25) is 0 Å². The van der Waals surface area contributed by atoms with Crippen molar-refractivity contribution >= 4 is 21.5 Å². The van der Waals surface area contributed by atoms with E-state index in [0.29, 0.717) is 11.3 Å². The fourth-order valence-corrected chi connectivity index (χ4v) is 2.56. The molecule has 0 radical (unpaired) electrons. The summed E-state index contributed by atoms with van der Waals surface area (Å²) in [6.45, 7) is 1.43.